The molecule has 0 radical (unpaired) electrons. The molecule has 0 spiro atoms. The Morgan fingerprint density at radius 3 is 2.65 bits per heavy atom. The van der Waals surface area contributed by atoms with Gasteiger partial charge in [-0.25, -0.2) is 8.42 Å². The van der Waals surface area contributed by atoms with Crippen LogP contribution in [0.2, 0.25) is 0 Å². The molecule has 0 aliphatic carbocycles. The van der Waals surface area contributed by atoms with E-state index in [-0.39, 0.29) is 17.2 Å². The first-order chi connectivity index (χ1) is 12.3. The third-order valence-electron chi connectivity index (χ3n) is 3.37. The first-order valence-corrected chi connectivity index (χ1v) is 8.90. The summed E-state index contributed by atoms with van der Waals surface area (Å²) in [5.41, 5.74) is 0.346. The maximum Gasteiger partial charge on any atom is 0.387 e. The maximum atomic E-state index is 12.4. The minimum atomic E-state index is -3.85. The summed E-state index contributed by atoms with van der Waals surface area (Å²) < 4.78 is 54.6. The summed E-state index contributed by atoms with van der Waals surface area (Å²) in [5, 5.41) is 2.48. The van der Waals surface area contributed by atoms with Gasteiger partial charge in [0.1, 0.15) is 10.6 Å². The molecule has 0 aliphatic heterocycles. The smallest absolute Gasteiger partial charge is 0.387 e. The second-order valence-corrected chi connectivity index (χ2v) is 7.26. The van der Waals surface area contributed by atoms with Crippen LogP contribution < -0.4 is 10.1 Å². The molecule has 1 N–H and O–H groups in total. The zero-order valence-electron chi connectivity index (χ0n) is 13.8. The Kier molecular flexibility index (Phi) is 6.58. The van der Waals surface area contributed by atoms with Crippen LogP contribution in [0.15, 0.2) is 53.7 Å². The van der Waals surface area contributed by atoms with Crippen molar-refractivity contribution in [2.24, 2.45) is 0 Å². The Bertz CT molecular complexity index is 848. The Hall–Kier alpha value is -2.59. The number of sulfonamides is 1. The largest absolute Gasteiger partial charge is 0.434 e. The molecular formula is C16H17F2N3O4S. The molecule has 0 unspecified atom stereocenters. The zero-order chi connectivity index (χ0) is 19.2. The highest BCUT2D eigenvalue weighted by Crippen LogP contribution is 2.20. The number of nitrogens with zero attached hydrogens (tertiary/aromatic N) is 2. The number of halogens is 2. The lowest BCUT2D eigenvalue weighted by atomic mass is 10.2. The van der Waals surface area contributed by atoms with Gasteiger partial charge in [-0.3, -0.25) is 9.78 Å². The predicted molar refractivity (Wildman–Crippen MR) is 89.0 cm³/mol. The molecule has 0 bridgehead atoms. The van der Waals surface area contributed by atoms with Crippen molar-refractivity contribution < 1.29 is 26.7 Å². The van der Waals surface area contributed by atoms with E-state index in [2.05, 4.69) is 15.0 Å². The van der Waals surface area contributed by atoms with Crippen molar-refractivity contribution in [2.75, 3.05) is 13.6 Å². The van der Waals surface area contributed by atoms with Gasteiger partial charge in [0, 0.05) is 31.5 Å². The van der Waals surface area contributed by atoms with E-state index in [4.69, 9.17) is 0 Å². The normalized spacial score (nSPS) is 11.6. The number of hydrogen-bond acceptors (Lipinski definition) is 5. The van der Waals surface area contributed by atoms with Crippen LogP contribution in [-0.2, 0) is 21.4 Å². The first kappa shape index (κ1) is 19.7. The van der Waals surface area contributed by atoms with Crippen LogP contribution in [0.5, 0.6) is 5.75 Å². The Morgan fingerprint density at radius 2 is 2.00 bits per heavy atom. The number of hydrogen-bond donors (Lipinski definition) is 1. The van der Waals surface area contributed by atoms with Gasteiger partial charge in [0.05, 0.1) is 6.54 Å². The van der Waals surface area contributed by atoms with Gasteiger partial charge in [0.2, 0.25) is 15.9 Å². The molecule has 2 aromatic rings. The molecule has 1 amide bonds. The van der Waals surface area contributed by atoms with Crippen LogP contribution in [0, 0.1) is 0 Å². The summed E-state index contributed by atoms with van der Waals surface area (Å²) in [5.74, 6) is -0.647. The summed E-state index contributed by atoms with van der Waals surface area (Å²) in [6, 6.07) is 8.85. The number of benzene rings is 1. The van der Waals surface area contributed by atoms with E-state index >= 15 is 0 Å². The number of carbonyl (C=O) groups excluding carboxylic acids is 1. The second kappa shape index (κ2) is 8.68. The molecule has 1 heterocycles. The highest BCUT2D eigenvalue weighted by molar-refractivity contribution is 7.89. The number of para-hydroxylation sites is 1. The highest BCUT2D eigenvalue weighted by Gasteiger charge is 2.23. The monoisotopic (exact) mass is 385 g/mol. The van der Waals surface area contributed by atoms with E-state index in [1.165, 1.54) is 49.8 Å². The fourth-order valence-corrected chi connectivity index (χ4v) is 3.17. The minimum Gasteiger partial charge on any atom is -0.434 e. The number of amides is 1. The van der Waals surface area contributed by atoms with Crippen molar-refractivity contribution >= 4 is 15.9 Å². The van der Waals surface area contributed by atoms with Crippen molar-refractivity contribution in [1.82, 2.24) is 14.6 Å². The molecule has 140 valence electrons. The Morgan fingerprint density at radius 1 is 1.27 bits per heavy atom. The van der Waals surface area contributed by atoms with Gasteiger partial charge in [-0.05, 0) is 18.2 Å². The third-order valence-corrected chi connectivity index (χ3v) is 5.16. The number of nitrogens with one attached hydrogen (secondary N) is 1. The van der Waals surface area contributed by atoms with Gasteiger partial charge < -0.3 is 10.1 Å². The van der Waals surface area contributed by atoms with Gasteiger partial charge in [-0.2, -0.15) is 13.1 Å². The van der Waals surface area contributed by atoms with Crippen LogP contribution in [0.25, 0.3) is 0 Å². The molecule has 2 rings (SSSR count). The minimum absolute atomic E-state index is 0.0361. The molecule has 1 aromatic carbocycles. The summed E-state index contributed by atoms with van der Waals surface area (Å²) in [6.07, 6.45) is 2.62. The van der Waals surface area contributed by atoms with E-state index in [1.807, 2.05) is 0 Å². The maximum absolute atomic E-state index is 12.4. The van der Waals surface area contributed by atoms with Gasteiger partial charge in [0.25, 0.3) is 0 Å². The van der Waals surface area contributed by atoms with Crippen molar-refractivity contribution in [3.63, 3.8) is 0 Å². The number of alkyl halides is 2. The molecule has 0 saturated heterocycles. The molecule has 0 atom stereocenters. The third kappa shape index (κ3) is 5.20. The highest BCUT2D eigenvalue weighted by atomic mass is 32.2. The fourth-order valence-electron chi connectivity index (χ4n) is 2.08. The average Bonchev–Trinajstić information content (AvgIpc) is 2.61. The van der Waals surface area contributed by atoms with Crippen molar-refractivity contribution in [3.8, 4) is 5.75 Å². The Balaban J connectivity index is 1.97. The Labute approximate surface area is 149 Å². The second-order valence-electron chi connectivity index (χ2n) is 5.21. The van der Waals surface area contributed by atoms with Crippen molar-refractivity contribution in [2.45, 2.75) is 18.1 Å². The van der Waals surface area contributed by atoms with Gasteiger partial charge in [-0.15, -0.1) is 0 Å². The molecule has 1 aromatic heterocycles. The SMILES string of the molecule is CN(CC(=O)NCc1ccccc1OC(F)F)S(=O)(=O)c1cccnc1. The van der Waals surface area contributed by atoms with E-state index in [9.17, 15) is 22.0 Å². The number of likely N-dealkylation sites (N-methyl/N-ethyl adjacent to an activating group) is 1. The van der Waals surface area contributed by atoms with Crippen LogP contribution in [-0.4, -0.2) is 43.8 Å². The number of ether oxygens (including phenoxy) is 1. The summed E-state index contributed by atoms with van der Waals surface area (Å²) in [4.78, 5) is 15.7. The number of rotatable bonds is 8. The quantitative estimate of drug-likeness (QED) is 0.746. The van der Waals surface area contributed by atoms with Crippen molar-refractivity contribution in [3.05, 3.63) is 54.4 Å². The number of aromatic nitrogens is 1. The van der Waals surface area contributed by atoms with Gasteiger partial charge in [-0.1, -0.05) is 18.2 Å². The molecule has 26 heavy (non-hydrogen) atoms. The molecule has 0 aliphatic rings. The zero-order valence-corrected chi connectivity index (χ0v) is 14.6. The molecule has 10 heteroatoms. The van der Waals surface area contributed by atoms with E-state index in [0.717, 1.165) is 4.31 Å². The summed E-state index contributed by atoms with van der Waals surface area (Å²) in [7, 11) is -2.60. The predicted octanol–water partition coefficient (Wildman–Crippen LogP) is 1.62. The van der Waals surface area contributed by atoms with Crippen LogP contribution in [0.1, 0.15) is 5.56 Å². The van der Waals surface area contributed by atoms with Crippen LogP contribution >= 0.6 is 0 Å². The molecule has 7 nitrogen and oxygen atoms in total. The van der Waals surface area contributed by atoms with Crippen LogP contribution in [0.4, 0.5) is 8.78 Å². The van der Waals surface area contributed by atoms with Crippen molar-refractivity contribution in [1.29, 1.82) is 0 Å². The lowest BCUT2D eigenvalue weighted by Crippen LogP contribution is -2.38. The van der Waals surface area contributed by atoms with Gasteiger partial charge >= 0.3 is 6.61 Å². The van der Waals surface area contributed by atoms with E-state index in [0.29, 0.717) is 5.56 Å². The lowest BCUT2D eigenvalue weighted by Gasteiger charge is -2.17. The molecule has 0 saturated carbocycles. The standard InChI is InChI=1S/C16H17F2N3O4S/c1-21(26(23,24)13-6-4-8-19-10-13)11-15(22)20-9-12-5-2-3-7-14(12)25-16(17)18/h2-8,10,16H,9,11H2,1H3,(H,20,22). The lowest BCUT2D eigenvalue weighted by molar-refractivity contribution is -0.121. The van der Waals surface area contributed by atoms with Gasteiger partial charge in [0.15, 0.2) is 0 Å². The number of pyridine rings is 1. The molecular weight excluding hydrogens is 368 g/mol. The van der Waals surface area contributed by atoms with Crippen LogP contribution in [0.3, 0.4) is 0 Å². The topological polar surface area (TPSA) is 88.6 Å². The fraction of sp³-hybridized carbons (Fsp3) is 0.250. The first-order valence-electron chi connectivity index (χ1n) is 7.46. The molecule has 0 fully saturated rings. The number of carbonyl (C=O) groups is 1. The van der Waals surface area contributed by atoms with E-state index in [1.54, 1.807) is 6.07 Å². The van der Waals surface area contributed by atoms with E-state index < -0.39 is 29.1 Å². The summed E-state index contributed by atoms with van der Waals surface area (Å²) in [6.45, 7) is -3.50. The average molecular weight is 385 g/mol. The summed E-state index contributed by atoms with van der Waals surface area (Å²) >= 11 is 0.